The fraction of sp³-hybridized carbons (Fsp3) is 0.633. The summed E-state index contributed by atoms with van der Waals surface area (Å²) in [6.07, 6.45) is -6.32. The maximum atomic E-state index is 13.7. The van der Waals surface area contributed by atoms with Crippen molar-refractivity contribution in [2.45, 2.75) is 81.3 Å². The third-order valence-corrected chi connectivity index (χ3v) is 8.51. The molecule has 3 saturated heterocycles. The van der Waals surface area contributed by atoms with Crippen molar-refractivity contribution in [3.8, 4) is 0 Å². The number of nitrogens with one attached hydrogen (secondary N) is 2. The van der Waals surface area contributed by atoms with E-state index in [4.69, 9.17) is 14.2 Å². The van der Waals surface area contributed by atoms with Gasteiger partial charge in [0.25, 0.3) is 5.91 Å². The number of benzene rings is 1. The van der Waals surface area contributed by atoms with Crippen LogP contribution in [0.4, 0.5) is 32.2 Å². The number of nitrogens with zero attached hydrogens (tertiary/aromatic N) is 3. The first-order valence-electron chi connectivity index (χ1n) is 15.1. The average molecular weight is 646 g/mol. The number of alkyl halides is 6. The highest BCUT2D eigenvalue weighted by molar-refractivity contribution is 5.93. The molecule has 0 bridgehead atoms. The van der Waals surface area contributed by atoms with Gasteiger partial charge in [0.05, 0.1) is 30.5 Å². The van der Waals surface area contributed by atoms with Crippen LogP contribution < -0.4 is 10.6 Å². The Morgan fingerprint density at radius 2 is 1.73 bits per heavy atom. The third kappa shape index (κ3) is 8.63. The summed E-state index contributed by atoms with van der Waals surface area (Å²) in [6, 6.07) is 6.22. The Morgan fingerprint density at radius 3 is 2.40 bits per heavy atom. The number of piperidine rings is 1. The smallest absolute Gasteiger partial charge is 0.379 e. The highest BCUT2D eigenvalue weighted by Gasteiger charge is 2.37. The third-order valence-electron chi connectivity index (χ3n) is 8.51. The lowest BCUT2D eigenvalue weighted by Crippen LogP contribution is -2.54. The van der Waals surface area contributed by atoms with Gasteiger partial charge >= 0.3 is 12.4 Å². The van der Waals surface area contributed by atoms with Crippen LogP contribution in [0, 0.1) is 0 Å². The Hall–Kier alpha value is -3.01. The highest BCUT2D eigenvalue weighted by Crippen LogP contribution is 2.35. The Labute approximate surface area is 257 Å². The quantitative estimate of drug-likeness (QED) is 0.377. The van der Waals surface area contributed by atoms with E-state index in [0.29, 0.717) is 64.0 Å². The van der Waals surface area contributed by atoms with E-state index in [0.717, 1.165) is 18.6 Å². The van der Waals surface area contributed by atoms with Crippen molar-refractivity contribution < 1.29 is 45.3 Å². The van der Waals surface area contributed by atoms with Crippen molar-refractivity contribution in [1.29, 1.82) is 0 Å². The Kier molecular flexibility index (Phi) is 10.5. The lowest BCUT2D eigenvalue weighted by Gasteiger charge is -2.38. The molecule has 1 aromatic carbocycles. The molecule has 2 N–H and O–H groups in total. The molecule has 15 heteroatoms. The van der Waals surface area contributed by atoms with E-state index in [1.54, 1.807) is 7.11 Å². The summed E-state index contributed by atoms with van der Waals surface area (Å²) in [5, 5.41) is 6.44. The molecular formula is C30H37F6N5O4. The van der Waals surface area contributed by atoms with E-state index in [-0.39, 0.29) is 36.2 Å². The van der Waals surface area contributed by atoms with Crippen molar-refractivity contribution >= 4 is 11.7 Å². The second-order valence-electron chi connectivity index (χ2n) is 11.6. The van der Waals surface area contributed by atoms with Crippen LogP contribution in [0.5, 0.6) is 0 Å². The summed E-state index contributed by atoms with van der Waals surface area (Å²) in [6.45, 7) is 1.93. The van der Waals surface area contributed by atoms with E-state index in [9.17, 15) is 31.1 Å². The van der Waals surface area contributed by atoms with Gasteiger partial charge < -0.3 is 29.7 Å². The molecule has 4 heterocycles. The van der Waals surface area contributed by atoms with E-state index < -0.39 is 41.9 Å². The number of anilines is 1. The van der Waals surface area contributed by atoms with Crippen molar-refractivity contribution in [1.82, 2.24) is 20.2 Å². The van der Waals surface area contributed by atoms with Crippen LogP contribution in [-0.2, 0) is 26.6 Å². The Morgan fingerprint density at radius 1 is 1.00 bits per heavy atom. The lowest BCUT2D eigenvalue weighted by molar-refractivity contribution is -0.145. The average Bonchev–Trinajstić information content (AvgIpc) is 3.03. The number of hydrogen-bond donors (Lipinski definition) is 2. The molecule has 3 fully saturated rings. The van der Waals surface area contributed by atoms with Gasteiger partial charge in [-0.2, -0.15) is 26.3 Å². The van der Waals surface area contributed by atoms with Crippen LogP contribution >= 0.6 is 0 Å². The molecule has 4 unspecified atom stereocenters. The molecule has 45 heavy (non-hydrogen) atoms. The van der Waals surface area contributed by atoms with Gasteiger partial charge in [-0.05, 0) is 56.2 Å². The molecule has 3 aliphatic heterocycles. The van der Waals surface area contributed by atoms with Gasteiger partial charge in [-0.1, -0.05) is 12.1 Å². The summed E-state index contributed by atoms with van der Waals surface area (Å²) >= 11 is 0. The van der Waals surface area contributed by atoms with Gasteiger partial charge in [-0.25, -0.2) is 9.97 Å². The molecule has 248 valence electrons. The Balaban J connectivity index is 1.20. The number of carbonyl (C=O) groups is 1. The first-order valence-corrected chi connectivity index (χ1v) is 15.1. The number of aromatic nitrogens is 2. The Bertz CT molecular complexity index is 1290. The molecule has 0 saturated carbocycles. The maximum Gasteiger partial charge on any atom is 0.451 e. The molecule has 5 rings (SSSR count). The van der Waals surface area contributed by atoms with Crippen LogP contribution in [0.2, 0.25) is 0 Å². The van der Waals surface area contributed by atoms with Gasteiger partial charge in [0, 0.05) is 51.5 Å². The SMILES string of the molecule is COC1COCCC1NC1CCN(C(=O)c2cc(NCC3CCCC(c4ccc(C(F)(F)F)cc4)O3)nc(C(F)(F)F)n2)CC1. The van der Waals surface area contributed by atoms with Crippen LogP contribution in [0.15, 0.2) is 30.3 Å². The first kappa shape index (κ1) is 33.4. The second kappa shape index (κ2) is 14.2. The minimum atomic E-state index is -4.87. The van der Waals surface area contributed by atoms with Crippen molar-refractivity contribution in [3.63, 3.8) is 0 Å². The van der Waals surface area contributed by atoms with E-state index >= 15 is 0 Å². The normalized spacial score (nSPS) is 25.3. The fourth-order valence-electron chi connectivity index (χ4n) is 6.02. The van der Waals surface area contributed by atoms with Crippen LogP contribution in [0.3, 0.4) is 0 Å². The van der Waals surface area contributed by atoms with E-state index in [1.807, 2.05) is 0 Å². The lowest BCUT2D eigenvalue weighted by atomic mass is 9.97. The van der Waals surface area contributed by atoms with Gasteiger partial charge in [-0.15, -0.1) is 0 Å². The number of halogens is 6. The monoisotopic (exact) mass is 645 g/mol. The number of amides is 1. The summed E-state index contributed by atoms with van der Waals surface area (Å²) in [7, 11) is 1.64. The van der Waals surface area contributed by atoms with Crippen molar-refractivity contribution in [2.75, 3.05) is 45.3 Å². The zero-order chi connectivity index (χ0) is 32.2. The van der Waals surface area contributed by atoms with Crippen molar-refractivity contribution in [2.24, 2.45) is 0 Å². The largest absolute Gasteiger partial charge is 0.451 e. The van der Waals surface area contributed by atoms with Gasteiger partial charge in [0.1, 0.15) is 11.5 Å². The molecular weight excluding hydrogens is 608 g/mol. The number of rotatable bonds is 8. The molecule has 0 radical (unpaired) electrons. The highest BCUT2D eigenvalue weighted by atomic mass is 19.4. The summed E-state index contributed by atoms with van der Waals surface area (Å²) in [5.74, 6) is -2.20. The van der Waals surface area contributed by atoms with Gasteiger partial charge in [0.2, 0.25) is 5.82 Å². The maximum absolute atomic E-state index is 13.7. The zero-order valence-corrected chi connectivity index (χ0v) is 24.8. The number of likely N-dealkylation sites (tertiary alicyclic amines) is 1. The molecule has 0 spiro atoms. The van der Waals surface area contributed by atoms with Gasteiger partial charge in [0.15, 0.2) is 0 Å². The van der Waals surface area contributed by atoms with Crippen molar-refractivity contribution in [3.05, 3.63) is 53.0 Å². The summed E-state index contributed by atoms with van der Waals surface area (Å²) < 4.78 is 97.0. The van der Waals surface area contributed by atoms with Gasteiger partial charge in [-0.3, -0.25) is 4.79 Å². The minimum absolute atomic E-state index is 0.0687. The van der Waals surface area contributed by atoms with E-state index in [1.165, 1.54) is 23.1 Å². The number of methoxy groups -OCH3 is 1. The number of ether oxygens (including phenoxy) is 3. The minimum Gasteiger partial charge on any atom is -0.379 e. The molecule has 0 aliphatic carbocycles. The predicted molar refractivity (Wildman–Crippen MR) is 151 cm³/mol. The number of carbonyl (C=O) groups excluding carboxylic acids is 1. The number of hydrogen-bond acceptors (Lipinski definition) is 8. The topological polar surface area (TPSA) is 97.8 Å². The van der Waals surface area contributed by atoms with Crippen LogP contribution in [-0.4, -0.2) is 85.0 Å². The second-order valence-corrected chi connectivity index (χ2v) is 11.6. The zero-order valence-electron chi connectivity index (χ0n) is 24.8. The fourth-order valence-corrected chi connectivity index (χ4v) is 6.02. The van der Waals surface area contributed by atoms with E-state index in [2.05, 4.69) is 20.6 Å². The standard InChI is InChI=1S/C30H37F6N5O4/c1-43-25-17-44-14-11-22(25)38-20-9-12-41(13-10-20)27(42)23-15-26(40-28(39-23)30(34,35)36)37-16-21-3-2-4-24(45-21)18-5-7-19(8-6-18)29(31,32)33/h5-8,15,20-22,24-25,38H,2-4,9-14,16-17H2,1H3,(H,37,39,40). The molecule has 1 amide bonds. The molecule has 1 aromatic heterocycles. The molecule has 4 atom stereocenters. The summed E-state index contributed by atoms with van der Waals surface area (Å²) in [4.78, 5) is 22.0. The first-order chi connectivity index (χ1) is 21.4. The summed E-state index contributed by atoms with van der Waals surface area (Å²) in [5.41, 5.74) is -0.527. The predicted octanol–water partition coefficient (Wildman–Crippen LogP) is 5.23. The molecule has 2 aromatic rings. The molecule has 9 nitrogen and oxygen atoms in total. The van der Waals surface area contributed by atoms with Crippen LogP contribution in [0.25, 0.3) is 0 Å². The van der Waals surface area contributed by atoms with Crippen LogP contribution in [0.1, 0.15) is 72.1 Å². The molecule has 3 aliphatic rings.